The molecular formula is C14H19BrN2. The lowest BCUT2D eigenvalue weighted by molar-refractivity contribution is 0.383. The van der Waals surface area contributed by atoms with Crippen LogP contribution in [0.2, 0.25) is 0 Å². The van der Waals surface area contributed by atoms with Gasteiger partial charge in [0.05, 0.1) is 5.52 Å². The van der Waals surface area contributed by atoms with E-state index in [1.807, 2.05) is 0 Å². The molecule has 0 saturated heterocycles. The number of rotatable bonds is 3. The normalized spacial score (nSPS) is 11.9. The first-order valence-corrected chi connectivity index (χ1v) is 6.73. The fourth-order valence-corrected chi connectivity index (χ4v) is 2.90. The van der Waals surface area contributed by atoms with Crippen LogP contribution in [0.5, 0.6) is 0 Å². The lowest BCUT2D eigenvalue weighted by atomic mass is 10.2. The second-order valence-corrected chi connectivity index (χ2v) is 5.87. The molecule has 1 aromatic carbocycles. The first kappa shape index (κ1) is 12.7. The number of hydrogen-bond acceptors (Lipinski definition) is 1. The first-order valence-electron chi connectivity index (χ1n) is 5.93. The van der Waals surface area contributed by atoms with Crippen molar-refractivity contribution in [1.29, 1.82) is 0 Å². The Hall–Kier alpha value is -0.800. The van der Waals surface area contributed by atoms with Gasteiger partial charge in [-0.1, -0.05) is 12.1 Å². The van der Waals surface area contributed by atoms with Crippen molar-refractivity contribution in [3.63, 3.8) is 0 Å². The average molecular weight is 295 g/mol. The smallest absolute Gasteiger partial charge is 0.0629 e. The van der Waals surface area contributed by atoms with Crippen molar-refractivity contribution in [2.24, 2.45) is 0 Å². The molecule has 0 amide bonds. The zero-order valence-corrected chi connectivity index (χ0v) is 12.5. The minimum Gasteiger partial charge on any atom is -0.340 e. The molecule has 0 radical (unpaired) electrons. The van der Waals surface area contributed by atoms with Gasteiger partial charge in [0.1, 0.15) is 0 Å². The van der Waals surface area contributed by atoms with Crippen LogP contribution in [0.1, 0.15) is 25.6 Å². The van der Waals surface area contributed by atoms with Gasteiger partial charge in [0, 0.05) is 28.1 Å². The number of aromatic nitrogens is 1. The van der Waals surface area contributed by atoms with Gasteiger partial charge in [-0.2, -0.15) is 0 Å². The van der Waals surface area contributed by atoms with E-state index >= 15 is 0 Å². The Balaban J connectivity index is 2.67. The lowest BCUT2D eigenvalue weighted by Crippen LogP contribution is -2.15. The van der Waals surface area contributed by atoms with Gasteiger partial charge in [0.15, 0.2) is 0 Å². The first-order chi connectivity index (χ1) is 8.00. The second-order valence-electron chi connectivity index (χ2n) is 5.01. The molecule has 2 nitrogen and oxygen atoms in total. The summed E-state index contributed by atoms with van der Waals surface area (Å²) in [4.78, 5) is 2.21. The molecule has 0 saturated carbocycles. The summed E-state index contributed by atoms with van der Waals surface area (Å²) in [7, 11) is 4.22. The van der Waals surface area contributed by atoms with E-state index in [0.717, 1.165) is 6.54 Å². The summed E-state index contributed by atoms with van der Waals surface area (Å²) in [6.45, 7) is 5.44. The molecule has 0 spiro atoms. The summed E-state index contributed by atoms with van der Waals surface area (Å²) in [5, 5.41) is 1.31. The summed E-state index contributed by atoms with van der Waals surface area (Å²) < 4.78 is 3.59. The molecule has 1 heterocycles. The van der Waals surface area contributed by atoms with Crippen LogP contribution >= 0.6 is 15.9 Å². The molecule has 0 atom stereocenters. The third-order valence-electron chi connectivity index (χ3n) is 2.89. The van der Waals surface area contributed by atoms with Gasteiger partial charge in [-0.3, -0.25) is 0 Å². The highest BCUT2D eigenvalue weighted by molar-refractivity contribution is 9.10. The van der Waals surface area contributed by atoms with Crippen LogP contribution in [-0.4, -0.2) is 23.6 Å². The molecule has 0 bridgehead atoms. The average Bonchev–Trinajstić information content (AvgIpc) is 2.56. The molecule has 0 aliphatic heterocycles. The summed E-state index contributed by atoms with van der Waals surface area (Å²) in [6, 6.07) is 9.15. The summed E-state index contributed by atoms with van der Waals surface area (Å²) in [6.07, 6.45) is 0. The molecule has 0 N–H and O–H groups in total. The number of hydrogen-bond donors (Lipinski definition) is 0. The lowest BCUT2D eigenvalue weighted by Gasteiger charge is -2.18. The molecule has 0 fully saturated rings. The predicted octanol–water partition coefficient (Wildman–Crippen LogP) is 4.05. The molecule has 0 unspecified atom stereocenters. The Morgan fingerprint density at radius 2 is 2.00 bits per heavy atom. The van der Waals surface area contributed by atoms with E-state index in [-0.39, 0.29) is 0 Å². The maximum Gasteiger partial charge on any atom is 0.0629 e. The van der Waals surface area contributed by atoms with Crippen LogP contribution in [-0.2, 0) is 6.54 Å². The van der Waals surface area contributed by atoms with Crippen molar-refractivity contribution >= 4 is 26.8 Å². The molecule has 17 heavy (non-hydrogen) atoms. The number of nitrogens with zero attached hydrogens (tertiary/aromatic N) is 2. The van der Waals surface area contributed by atoms with Gasteiger partial charge in [-0.25, -0.2) is 0 Å². The summed E-state index contributed by atoms with van der Waals surface area (Å²) in [5.41, 5.74) is 2.67. The molecule has 92 valence electrons. The fourth-order valence-electron chi connectivity index (χ4n) is 2.33. The summed E-state index contributed by atoms with van der Waals surface area (Å²) in [5.74, 6) is 0. The van der Waals surface area contributed by atoms with Crippen molar-refractivity contribution in [2.75, 3.05) is 14.1 Å². The minimum atomic E-state index is 0.473. The molecule has 2 aromatic rings. The Morgan fingerprint density at radius 1 is 1.29 bits per heavy atom. The predicted molar refractivity (Wildman–Crippen MR) is 77.4 cm³/mol. The topological polar surface area (TPSA) is 8.17 Å². The Morgan fingerprint density at radius 3 is 2.59 bits per heavy atom. The fraction of sp³-hybridized carbons (Fsp3) is 0.429. The largest absolute Gasteiger partial charge is 0.340 e. The van der Waals surface area contributed by atoms with Crippen LogP contribution < -0.4 is 0 Å². The molecule has 3 heteroatoms. The Bertz CT molecular complexity index is 526. The van der Waals surface area contributed by atoms with Crippen LogP contribution in [0.4, 0.5) is 0 Å². The molecule has 0 aliphatic carbocycles. The standard InChI is InChI=1S/C14H19BrN2/c1-10(2)17-12(9-16(3)4)8-11-6-5-7-13(15)14(11)17/h5-8,10H,9H2,1-4H3. The SMILES string of the molecule is CC(C)n1c(CN(C)C)cc2cccc(Br)c21. The van der Waals surface area contributed by atoms with E-state index in [2.05, 4.69) is 77.6 Å². The van der Waals surface area contributed by atoms with Crippen LogP contribution in [0.15, 0.2) is 28.7 Å². The quantitative estimate of drug-likeness (QED) is 0.829. The van der Waals surface area contributed by atoms with Gasteiger partial charge in [-0.05, 0) is 56.0 Å². The van der Waals surface area contributed by atoms with Crippen LogP contribution in [0.25, 0.3) is 10.9 Å². The van der Waals surface area contributed by atoms with E-state index in [1.165, 1.54) is 21.1 Å². The number of para-hydroxylation sites is 1. The van der Waals surface area contributed by atoms with E-state index in [0.29, 0.717) is 6.04 Å². The van der Waals surface area contributed by atoms with Gasteiger partial charge in [-0.15, -0.1) is 0 Å². The molecular weight excluding hydrogens is 276 g/mol. The van der Waals surface area contributed by atoms with Gasteiger partial charge in [0.25, 0.3) is 0 Å². The maximum absolute atomic E-state index is 3.66. The highest BCUT2D eigenvalue weighted by Crippen LogP contribution is 2.30. The zero-order chi connectivity index (χ0) is 12.6. The van der Waals surface area contributed by atoms with Crippen LogP contribution in [0.3, 0.4) is 0 Å². The zero-order valence-electron chi connectivity index (χ0n) is 10.9. The Kier molecular flexibility index (Phi) is 3.59. The van der Waals surface area contributed by atoms with Gasteiger partial charge in [0.2, 0.25) is 0 Å². The van der Waals surface area contributed by atoms with E-state index in [9.17, 15) is 0 Å². The van der Waals surface area contributed by atoms with E-state index < -0.39 is 0 Å². The second kappa shape index (κ2) is 4.83. The van der Waals surface area contributed by atoms with Crippen LogP contribution in [0, 0.1) is 0 Å². The van der Waals surface area contributed by atoms with Crippen molar-refractivity contribution in [3.05, 3.63) is 34.4 Å². The van der Waals surface area contributed by atoms with Crippen molar-refractivity contribution in [2.45, 2.75) is 26.4 Å². The third-order valence-corrected chi connectivity index (χ3v) is 3.52. The summed E-state index contributed by atoms with van der Waals surface area (Å²) >= 11 is 3.66. The number of halogens is 1. The minimum absolute atomic E-state index is 0.473. The van der Waals surface area contributed by atoms with Gasteiger partial charge < -0.3 is 9.47 Å². The molecule has 0 aliphatic rings. The monoisotopic (exact) mass is 294 g/mol. The maximum atomic E-state index is 3.66. The van der Waals surface area contributed by atoms with E-state index in [4.69, 9.17) is 0 Å². The molecule has 2 rings (SSSR count). The molecule has 1 aromatic heterocycles. The highest BCUT2D eigenvalue weighted by atomic mass is 79.9. The van der Waals surface area contributed by atoms with Crippen molar-refractivity contribution < 1.29 is 0 Å². The third kappa shape index (κ3) is 2.40. The van der Waals surface area contributed by atoms with Gasteiger partial charge >= 0.3 is 0 Å². The Labute approximate surface area is 111 Å². The highest BCUT2D eigenvalue weighted by Gasteiger charge is 2.13. The van der Waals surface area contributed by atoms with Crippen molar-refractivity contribution in [3.8, 4) is 0 Å². The number of fused-ring (bicyclic) bond motifs is 1. The number of benzene rings is 1. The van der Waals surface area contributed by atoms with Crippen molar-refractivity contribution in [1.82, 2.24) is 9.47 Å². The van der Waals surface area contributed by atoms with E-state index in [1.54, 1.807) is 0 Å².